The molecule has 0 amide bonds. The first kappa shape index (κ1) is 23.0. The van der Waals surface area contributed by atoms with E-state index in [2.05, 4.69) is 10.1 Å². The van der Waals surface area contributed by atoms with Crippen LogP contribution in [0.5, 0.6) is 5.75 Å². The lowest BCUT2D eigenvalue weighted by Gasteiger charge is -2.23. The standard InChI is InChI=1S/C23H18F4N4O3/c1-4-34-23(32)17-10-19-28-16(12-8-14(25)21(27)15(26)9-12)11-20(31(19)29-17)30(2)22-13(24)6-5-7-18(22)33-3/h5-11H,4H2,1-3H3. The van der Waals surface area contributed by atoms with E-state index in [9.17, 15) is 22.4 Å². The molecule has 0 aliphatic heterocycles. The van der Waals surface area contributed by atoms with Gasteiger partial charge in [-0.3, -0.25) is 0 Å². The fraction of sp³-hybridized carbons (Fsp3) is 0.174. The third-order valence-electron chi connectivity index (χ3n) is 5.02. The van der Waals surface area contributed by atoms with Gasteiger partial charge in [-0.25, -0.2) is 27.3 Å². The highest BCUT2D eigenvalue weighted by atomic mass is 19.2. The molecule has 0 saturated carbocycles. The van der Waals surface area contributed by atoms with E-state index in [1.807, 2.05) is 0 Å². The van der Waals surface area contributed by atoms with Crippen LogP contribution >= 0.6 is 0 Å². The van der Waals surface area contributed by atoms with Crippen LogP contribution in [0.1, 0.15) is 17.4 Å². The number of carbonyl (C=O) groups is 1. The molecule has 11 heteroatoms. The van der Waals surface area contributed by atoms with Crippen molar-refractivity contribution in [1.29, 1.82) is 0 Å². The van der Waals surface area contributed by atoms with E-state index in [0.717, 1.165) is 12.1 Å². The third-order valence-corrected chi connectivity index (χ3v) is 5.02. The Bertz CT molecular complexity index is 1380. The molecule has 4 rings (SSSR count). The summed E-state index contributed by atoms with van der Waals surface area (Å²) in [6, 6.07) is 8.49. The Morgan fingerprint density at radius 2 is 1.76 bits per heavy atom. The molecule has 0 unspecified atom stereocenters. The van der Waals surface area contributed by atoms with Crippen LogP contribution in [0.15, 0.2) is 42.5 Å². The summed E-state index contributed by atoms with van der Waals surface area (Å²) in [7, 11) is 2.88. The number of anilines is 2. The fourth-order valence-corrected chi connectivity index (χ4v) is 3.45. The topological polar surface area (TPSA) is 69.0 Å². The second-order valence-corrected chi connectivity index (χ2v) is 7.12. The number of benzene rings is 2. The minimum absolute atomic E-state index is 0.0257. The van der Waals surface area contributed by atoms with E-state index in [0.29, 0.717) is 0 Å². The summed E-state index contributed by atoms with van der Waals surface area (Å²) in [5.74, 6) is -5.39. The van der Waals surface area contributed by atoms with Gasteiger partial charge in [-0.1, -0.05) is 6.07 Å². The number of esters is 1. The maximum absolute atomic E-state index is 14.8. The number of aromatic nitrogens is 3. The van der Waals surface area contributed by atoms with Crippen molar-refractivity contribution in [3.8, 4) is 17.0 Å². The van der Waals surface area contributed by atoms with Gasteiger partial charge in [0.25, 0.3) is 0 Å². The van der Waals surface area contributed by atoms with Gasteiger partial charge in [0.15, 0.2) is 34.6 Å². The number of hydrogen-bond donors (Lipinski definition) is 0. The maximum Gasteiger partial charge on any atom is 0.358 e. The van der Waals surface area contributed by atoms with E-state index in [4.69, 9.17) is 9.47 Å². The zero-order valence-electron chi connectivity index (χ0n) is 18.3. The lowest BCUT2D eigenvalue weighted by molar-refractivity contribution is 0.0519. The fourth-order valence-electron chi connectivity index (χ4n) is 3.45. The molecule has 0 atom stereocenters. The largest absolute Gasteiger partial charge is 0.494 e. The number of hydrogen-bond acceptors (Lipinski definition) is 6. The Balaban J connectivity index is 1.98. The smallest absolute Gasteiger partial charge is 0.358 e. The van der Waals surface area contributed by atoms with Crippen molar-refractivity contribution in [2.75, 3.05) is 25.7 Å². The molecular weight excluding hydrogens is 456 g/mol. The van der Waals surface area contributed by atoms with Gasteiger partial charge in [-0.2, -0.15) is 9.61 Å². The summed E-state index contributed by atoms with van der Waals surface area (Å²) in [6.07, 6.45) is 0. The molecule has 0 spiro atoms. The predicted molar refractivity (Wildman–Crippen MR) is 115 cm³/mol. The lowest BCUT2D eigenvalue weighted by Crippen LogP contribution is -2.17. The molecule has 0 radical (unpaired) electrons. The molecule has 0 bridgehead atoms. The second-order valence-electron chi connectivity index (χ2n) is 7.12. The molecule has 2 aromatic carbocycles. The first-order valence-electron chi connectivity index (χ1n) is 10.0. The summed E-state index contributed by atoms with van der Waals surface area (Å²) in [6.45, 7) is 1.74. The Morgan fingerprint density at radius 1 is 1.06 bits per heavy atom. The Kier molecular flexibility index (Phi) is 6.10. The Hall–Kier alpha value is -4.15. The van der Waals surface area contributed by atoms with Crippen molar-refractivity contribution in [3.05, 3.63) is 71.4 Å². The van der Waals surface area contributed by atoms with Crippen LogP contribution in [0.4, 0.5) is 29.1 Å². The molecule has 0 aliphatic carbocycles. The third kappa shape index (κ3) is 4.00. The lowest BCUT2D eigenvalue weighted by atomic mass is 10.1. The summed E-state index contributed by atoms with van der Waals surface area (Å²) in [5.41, 5.74) is -0.000216. The average molecular weight is 474 g/mol. The summed E-state index contributed by atoms with van der Waals surface area (Å²) in [4.78, 5) is 17.9. The van der Waals surface area contributed by atoms with Crippen LogP contribution in [0, 0.1) is 23.3 Å². The van der Waals surface area contributed by atoms with Crippen LogP contribution < -0.4 is 9.64 Å². The molecule has 2 aromatic heterocycles. The van der Waals surface area contributed by atoms with Gasteiger partial charge >= 0.3 is 5.97 Å². The van der Waals surface area contributed by atoms with Crippen LogP contribution in [0.25, 0.3) is 16.9 Å². The van der Waals surface area contributed by atoms with Gasteiger partial charge in [-0.15, -0.1) is 0 Å². The molecule has 2 heterocycles. The number of rotatable bonds is 6. The number of ether oxygens (including phenoxy) is 2. The molecule has 34 heavy (non-hydrogen) atoms. The Morgan fingerprint density at radius 3 is 2.41 bits per heavy atom. The molecule has 0 saturated heterocycles. The van der Waals surface area contributed by atoms with Gasteiger partial charge in [-0.05, 0) is 31.2 Å². The minimum Gasteiger partial charge on any atom is -0.494 e. The molecule has 0 N–H and O–H groups in total. The van der Waals surface area contributed by atoms with Crippen molar-refractivity contribution >= 4 is 23.1 Å². The molecule has 176 valence electrons. The quantitative estimate of drug-likeness (QED) is 0.225. The van der Waals surface area contributed by atoms with E-state index in [1.54, 1.807) is 13.0 Å². The molecule has 0 fully saturated rings. The van der Waals surface area contributed by atoms with Gasteiger partial charge in [0.05, 0.1) is 19.4 Å². The molecule has 7 nitrogen and oxygen atoms in total. The van der Waals surface area contributed by atoms with E-state index < -0.39 is 29.2 Å². The van der Waals surface area contributed by atoms with E-state index in [-0.39, 0.29) is 46.5 Å². The number of nitrogens with zero attached hydrogens (tertiary/aromatic N) is 4. The summed E-state index contributed by atoms with van der Waals surface area (Å²) in [5, 5.41) is 4.21. The maximum atomic E-state index is 14.8. The molecule has 0 aliphatic rings. The average Bonchev–Trinajstić information content (AvgIpc) is 3.25. The number of para-hydroxylation sites is 1. The van der Waals surface area contributed by atoms with E-state index in [1.165, 1.54) is 47.8 Å². The van der Waals surface area contributed by atoms with Crippen LogP contribution in [0.2, 0.25) is 0 Å². The minimum atomic E-state index is -1.62. The molecule has 4 aromatic rings. The van der Waals surface area contributed by atoms with Crippen molar-refractivity contribution in [2.45, 2.75) is 6.92 Å². The normalized spacial score (nSPS) is 11.0. The van der Waals surface area contributed by atoms with Crippen molar-refractivity contribution in [3.63, 3.8) is 0 Å². The SMILES string of the molecule is CCOC(=O)c1cc2nc(-c3cc(F)c(F)c(F)c3)cc(N(C)c3c(F)cccc3OC)n2n1. The Labute approximate surface area is 191 Å². The van der Waals surface area contributed by atoms with Crippen molar-refractivity contribution < 1.29 is 31.8 Å². The zero-order chi connectivity index (χ0) is 24.6. The number of halogens is 4. The number of methoxy groups -OCH3 is 1. The van der Waals surface area contributed by atoms with Crippen LogP contribution in [-0.2, 0) is 4.74 Å². The van der Waals surface area contributed by atoms with Gasteiger partial charge < -0.3 is 14.4 Å². The van der Waals surface area contributed by atoms with Gasteiger partial charge in [0.1, 0.15) is 17.3 Å². The number of carbonyl (C=O) groups excluding carboxylic acids is 1. The van der Waals surface area contributed by atoms with Crippen molar-refractivity contribution in [2.24, 2.45) is 0 Å². The zero-order valence-corrected chi connectivity index (χ0v) is 18.3. The highest BCUT2D eigenvalue weighted by molar-refractivity contribution is 5.89. The monoisotopic (exact) mass is 474 g/mol. The predicted octanol–water partition coefficient (Wildman–Crippen LogP) is 4.91. The van der Waals surface area contributed by atoms with Crippen LogP contribution in [-0.4, -0.2) is 41.3 Å². The van der Waals surface area contributed by atoms with Gasteiger partial charge in [0, 0.05) is 24.7 Å². The first-order valence-corrected chi connectivity index (χ1v) is 10.0. The first-order chi connectivity index (χ1) is 16.2. The highest BCUT2D eigenvalue weighted by Gasteiger charge is 2.23. The van der Waals surface area contributed by atoms with Gasteiger partial charge in [0.2, 0.25) is 0 Å². The van der Waals surface area contributed by atoms with Crippen molar-refractivity contribution in [1.82, 2.24) is 14.6 Å². The number of fused-ring (bicyclic) bond motifs is 1. The summed E-state index contributed by atoms with van der Waals surface area (Å²) < 4.78 is 67.6. The highest BCUT2D eigenvalue weighted by Crippen LogP contribution is 2.36. The second kappa shape index (κ2) is 9.00. The van der Waals surface area contributed by atoms with E-state index >= 15 is 0 Å². The summed E-state index contributed by atoms with van der Waals surface area (Å²) >= 11 is 0. The van der Waals surface area contributed by atoms with Crippen LogP contribution in [0.3, 0.4) is 0 Å². The molecular formula is C23H18F4N4O3.